The highest BCUT2D eigenvalue weighted by molar-refractivity contribution is 5.23. The zero-order chi connectivity index (χ0) is 12.0. The first-order chi connectivity index (χ1) is 7.63. The van der Waals surface area contributed by atoms with Crippen LogP contribution < -0.4 is 10.2 Å². The molecule has 0 bridgehead atoms. The molecule has 5 nitrogen and oxygen atoms in total. The highest BCUT2D eigenvalue weighted by Crippen LogP contribution is 2.08. The number of aromatic nitrogens is 2. The van der Waals surface area contributed by atoms with Gasteiger partial charge in [-0.05, 0) is 31.5 Å². The predicted molar refractivity (Wildman–Crippen MR) is 64.7 cm³/mol. The van der Waals surface area contributed by atoms with E-state index in [2.05, 4.69) is 29.3 Å². The van der Waals surface area contributed by atoms with Crippen LogP contribution >= 0.6 is 0 Å². The molecule has 0 fully saturated rings. The number of rotatable bonds is 7. The Morgan fingerprint density at radius 2 is 2.19 bits per heavy atom. The summed E-state index contributed by atoms with van der Waals surface area (Å²) in [6.07, 6.45) is 3.02. The molecule has 0 radical (unpaired) electrons. The van der Waals surface area contributed by atoms with Crippen LogP contribution in [0.2, 0.25) is 0 Å². The van der Waals surface area contributed by atoms with E-state index in [1.165, 1.54) is 0 Å². The molecule has 92 valence electrons. The molecule has 0 aliphatic heterocycles. The van der Waals surface area contributed by atoms with Crippen LogP contribution in [-0.4, -0.2) is 36.8 Å². The molecule has 0 aliphatic rings. The first-order valence-electron chi connectivity index (χ1n) is 5.86. The van der Waals surface area contributed by atoms with E-state index >= 15 is 0 Å². The number of hydrogen-bond acceptors (Lipinski definition) is 5. The summed E-state index contributed by atoms with van der Waals surface area (Å²) in [5, 5.41) is 7.31. The van der Waals surface area contributed by atoms with E-state index in [1.807, 2.05) is 19.0 Å². The number of hydrogen-bond donors (Lipinski definition) is 1. The van der Waals surface area contributed by atoms with Crippen molar-refractivity contribution in [2.45, 2.75) is 39.2 Å². The molecule has 1 rings (SSSR count). The zero-order valence-electron chi connectivity index (χ0n) is 10.7. The van der Waals surface area contributed by atoms with Crippen LogP contribution in [0.25, 0.3) is 0 Å². The summed E-state index contributed by atoms with van der Waals surface area (Å²) in [6, 6.07) is 0.495. The van der Waals surface area contributed by atoms with Crippen molar-refractivity contribution in [1.82, 2.24) is 15.5 Å². The Hall–Kier alpha value is -1.10. The molecular weight excluding hydrogens is 204 g/mol. The summed E-state index contributed by atoms with van der Waals surface area (Å²) in [5.74, 6) is 1.36. The monoisotopic (exact) mass is 226 g/mol. The molecule has 1 unspecified atom stereocenters. The van der Waals surface area contributed by atoms with Gasteiger partial charge in [-0.15, -0.1) is 0 Å². The number of aryl methyl sites for hydroxylation is 1. The molecule has 16 heavy (non-hydrogen) atoms. The van der Waals surface area contributed by atoms with Crippen molar-refractivity contribution in [3.63, 3.8) is 0 Å². The fourth-order valence-electron chi connectivity index (χ4n) is 1.36. The van der Waals surface area contributed by atoms with Crippen molar-refractivity contribution in [2.75, 3.05) is 25.5 Å². The molecule has 0 aliphatic carbocycles. The minimum atomic E-state index is 0.495. The average Bonchev–Trinajstić information content (AvgIpc) is 2.72. The van der Waals surface area contributed by atoms with E-state index in [4.69, 9.17) is 4.52 Å². The van der Waals surface area contributed by atoms with Gasteiger partial charge in [0.1, 0.15) is 0 Å². The topological polar surface area (TPSA) is 54.2 Å². The third kappa shape index (κ3) is 4.18. The van der Waals surface area contributed by atoms with Crippen LogP contribution in [0.5, 0.6) is 0 Å². The lowest BCUT2D eigenvalue weighted by Crippen LogP contribution is -2.27. The maximum Gasteiger partial charge on any atom is 0.265 e. The van der Waals surface area contributed by atoms with Gasteiger partial charge in [-0.3, -0.25) is 0 Å². The maximum atomic E-state index is 5.15. The van der Waals surface area contributed by atoms with Gasteiger partial charge in [-0.25, -0.2) is 0 Å². The van der Waals surface area contributed by atoms with Crippen molar-refractivity contribution in [3.8, 4) is 0 Å². The lowest BCUT2D eigenvalue weighted by molar-refractivity contribution is 0.366. The van der Waals surface area contributed by atoms with Crippen molar-refractivity contribution in [3.05, 3.63) is 5.89 Å². The van der Waals surface area contributed by atoms with Gasteiger partial charge in [0.05, 0.1) is 0 Å². The van der Waals surface area contributed by atoms with E-state index in [1.54, 1.807) is 0 Å². The molecule has 0 spiro atoms. The molecule has 0 saturated carbocycles. The fourth-order valence-corrected chi connectivity index (χ4v) is 1.36. The fraction of sp³-hybridized carbons (Fsp3) is 0.818. The van der Waals surface area contributed by atoms with Gasteiger partial charge in [0.2, 0.25) is 5.89 Å². The summed E-state index contributed by atoms with van der Waals surface area (Å²) in [5.41, 5.74) is 0. The predicted octanol–water partition coefficient (Wildman–Crippen LogP) is 1.46. The van der Waals surface area contributed by atoms with Crippen molar-refractivity contribution in [1.29, 1.82) is 0 Å². The molecular formula is C11H22N4O. The summed E-state index contributed by atoms with van der Waals surface area (Å²) in [6.45, 7) is 5.41. The highest BCUT2D eigenvalue weighted by atomic mass is 16.5. The molecule has 1 atom stereocenters. The summed E-state index contributed by atoms with van der Waals surface area (Å²) in [4.78, 5) is 6.12. The Morgan fingerprint density at radius 3 is 2.75 bits per heavy atom. The molecule has 1 aromatic rings. The first-order valence-corrected chi connectivity index (χ1v) is 5.86. The number of nitrogens with one attached hydrogen (secondary N) is 1. The van der Waals surface area contributed by atoms with Gasteiger partial charge in [0.25, 0.3) is 5.95 Å². The van der Waals surface area contributed by atoms with Gasteiger partial charge in [0, 0.05) is 26.6 Å². The lowest BCUT2D eigenvalue weighted by atomic mass is 10.2. The van der Waals surface area contributed by atoms with Gasteiger partial charge in [-0.1, -0.05) is 6.92 Å². The van der Waals surface area contributed by atoms with Crippen LogP contribution in [0.4, 0.5) is 5.95 Å². The minimum absolute atomic E-state index is 0.495. The van der Waals surface area contributed by atoms with Crippen LogP contribution in [0.15, 0.2) is 4.52 Å². The molecule has 1 N–H and O–H groups in total. The maximum absolute atomic E-state index is 5.15. The van der Waals surface area contributed by atoms with E-state index < -0.39 is 0 Å². The molecule has 1 aromatic heterocycles. The Morgan fingerprint density at radius 1 is 1.44 bits per heavy atom. The third-order valence-corrected chi connectivity index (χ3v) is 2.39. The number of anilines is 1. The van der Waals surface area contributed by atoms with E-state index in [9.17, 15) is 0 Å². The first kappa shape index (κ1) is 13.0. The lowest BCUT2D eigenvalue weighted by Gasteiger charge is -2.10. The van der Waals surface area contributed by atoms with Crippen LogP contribution in [0.1, 0.15) is 32.6 Å². The summed E-state index contributed by atoms with van der Waals surface area (Å²) < 4.78 is 5.15. The van der Waals surface area contributed by atoms with Crippen LogP contribution in [-0.2, 0) is 6.42 Å². The average molecular weight is 226 g/mol. The largest absolute Gasteiger partial charge is 0.344 e. The molecule has 0 amide bonds. The van der Waals surface area contributed by atoms with Crippen molar-refractivity contribution < 1.29 is 4.52 Å². The van der Waals surface area contributed by atoms with Gasteiger partial charge in [-0.2, -0.15) is 4.98 Å². The van der Waals surface area contributed by atoms with Gasteiger partial charge < -0.3 is 14.7 Å². The molecule has 0 aromatic carbocycles. The molecule has 5 heteroatoms. The molecule has 0 saturated heterocycles. The smallest absolute Gasteiger partial charge is 0.265 e. The SMILES string of the molecule is CCCNC(C)CCc1nc(N(C)C)no1. The van der Waals surface area contributed by atoms with Crippen LogP contribution in [0.3, 0.4) is 0 Å². The standard InChI is InChI=1S/C11H22N4O/c1-5-8-12-9(2)6-7-10-13-11(14-16-10)15(3)4/h9,12H,5-8H2,1-4H3. The Kier molecular flexibility index (Phi) is 5.25. The van der Waals surface area contributed by atoms with E-state index in [0.717, 1.165) is 25.8 Å². The Balaban J connectivity index is 2.31. The van der Waals surface area contributed by atoms with Gasteiger partial charge >= 0.3 is 0 Å². The van der Waals surface area contributed by atoms with Crippen molar-refractivity contribution in [2.24, 2.45) is 0 Å². The number of nitrogens with zero attached hydrogens (tertiary/aromatic N) is 3. The summed E-state index contributed by atoms with van der Waals surface area (Å²) >= 11 is 0. The van der Waals surface area contributed by atoms with E-state index in [-0.39, 0.29) is 0 Å². The normalized spacial score (nSPS) is 12.8. The van der Waals surface area contributed by atoms with Crippen molar-refractivity contribution >= 4 is 5.95 Å². The second-order valence-electron chi connectivity index (χ2n) is 4.28. The van der Waals surface area contributed by atoms with Gasteiger partial charge in [0.15, 0.2) is 0 Å². The third-order valence-electron chi connectivity index (χ3n) is 2.39. The van der Waals surface area contributed by atoms with E-state index in [0.29, 0.717) is 17.9 Å². The summed E-state index contributed by atoms with van der Waals surface area (Å²) in [7, 11) is 3.81. The second-order valence-corrected chi connectivity index (χ2v) is 4.28. The molecule has 1 heterocycles. The zero-order valence-corrected chi connectivity index (χ0v) is 10.7. The van der Waals surface area contributed by atoms with Crippen LogP contribution in [0, 0.1) is 0 Å². The quantitative estimate of drug-likeness (QED) is 0.762. The second kappa shape index (κ2) is 6.48. The Labute approximate surface area is 97.2 Å². The highest BCUT2D eigenvalue weighted by Gasteiger charge is 2.09. The Bertz CT molecular complexity index is 298. The minimum Gasteiger partial charge on any atom is -0.344 e.